The molecule has 0 aromatic heterocycles. The smallest absolute Gasteiger partial charge is 0.241 e. The summed E-state index contributed by atoms with van der Waals surface area (Å²) in [6.45, 7) is 13.7. The van der Waals surface area contributed by atoms with Crippen LogP contribution in [0.2, 0.25) is 0 Å². The topological polar surface area (TPSA) is 87.3 Å². The van der Waals surface area contributed by atoms with Crippen LogP contribution in [0.4, 0.5) is 0 Å². The summed E-state index contributed by atoms with van der Waals surface area (Å²) in [5.74, 6) is -0.162. The van der Waals surface area contributed by atoms with Crippen LogP contribution in [0.5, 0.6) is 0 Å². The lowest BCUT2D eigenvalue weighted by Crippen LogP contribution is -2.34. The number of carbonyl (C=O) groups excluding carboxylic acids is 1. The Kier molecular flexibility index (Phi) is 8.05. The highest BCUT2D eigenvalue weighted by molar-refractivity contribution is 7.89. The molecule has 25 heavy (non-hydrogen) atoms. The number of sulfonamides is 1. The van der Waals surface area contributed by atoms with Crippen molar-refractivity contribution >= 4 is 15.9 Å². The van der Waals surface area contributed by atoms with Gasteiger partial charge in [0.05, 0.1) is 4.90 Å². The van der Waals surface area contributed by atoms with E-state index in [1.54, 1.807) is 0 Å². The van der Waals surface area contributed by atoms with Gasteiger partial charge in [0, 0.05) is 26.1 Å². The van der Waals surface area contributed by atoms with Crippen molar-refractivity contribution < 1.29 is 13.2 Å². The molecule has 1 aromatic rings. The largest absolute Gasteiger partial charge is 0.355 e. The molecule has 0 bridgehead atoms. The number of rotatable bonds is 9. The molecule has 0 fully saturated rings. The fourth-order valence-corrected chi connectivity index (χ4v) is 4.42. The van der Waals surface area contributed by atoms with E-state index < -0.39 is 10.0 Å². The van der Waals surface area contributed by atoms with Crippen molar-refractivity contribution in [3.8, 4) is 0 Å². The average molecular weight is 370 g/mol. The Hall–Kier alpha value is -1.44. The first kappa shape index (κ1) is 21.6. The van der Waals surface area contributed by atoms with Crippen molar-refractivity contribution in [3.63, 3.8) is 0 Å². The number of hydrogen-bond acceptors (Lipinski definition) is 4. The Morgan fingerprint density at radius 1 is 0.840 bits per heavy atom. The molecule has 0 aliphatic rings. The van der Waals surface area contributed by atoms with E-state index in [-0.39, 0.29) is 18.9 Å². The highest BCUT2D eigenvalue weighted by Gasteiger charge is 2.23. The van der Waals surface area contributed by atoms with Gasteiger partial charge in [-0.2, -0.15) is 0 Å². The number of amides is 1. The minimum absolute atomic E-state index is 0.0836. The molecule has 3 N–H and O–H groups in total. The van der Waals surface area contributed by atoms with Crippen LogP contribution in [0.3, 0.4) is 0 Å². The summed E-state index contributed by atoms with van der Waals surface area (Å²) in [6, 6.07) is 0. The molecule has 0 heterocycles. The van der Waals surface area contributed by atoms with Crippen molar-refractivity contribution in [2.75, 3.05) is 26.2 Å². The number of hydrogen-bond donors (Lipinski definition) is 3. The number of nitrogens with one attached hydrogen (secondary N) is 3. The van der Waals surface area contributed by atoms with Gasteiger partial charge in [0.1, 0.15) is 0 Å². The Morgan fingerprint density at radius 3 is 1.88 bits per heavy atom. The van der Waals surface area contributed by atoms with Crippen molar-refractivity contribution in [1.82, 2.24) is 15.4 Å². The molecular formula is C18H31N3O3S. The van der Waals surface area contributed by atoms with Crippen LogP contribution in [-0.2, 0) is 14.8 Å². The molecule has 0 unspecified atom stereocenters. The first-order chi connectivity index (χ1) is 11.6. The van der Waals surface area contributed by atoms with E-state index in [0.717, 1.165) is 34.4 Å². The van der Waals surface area contributed by atoms with E-state index in [1.165, 1.54) is 0 Å². The summed E-state index contributed by atoms with van der Waals surface area (Å²) in [7, 11) is -3.65. The molecule has 0 spiro atoms. The van der Waals surface area contributed by atoms with Gasteiger partial charge in [0.2, 0.25) is 15.9 Å². The van der Waals surface area contributed by atoms with E-state index in [1.807, 2.05) is 41.5 Å². The average Bonchev–Trinajstić information content (AvgIpc) is 2.55. The van der Waals surface area contributed by atoms with Crippen molar-refractivity contribution in [2.24, 2.45) is 0 Å². The Morgan fingerprint density at radius 2 is 1.36 bits per heavy atom. The summed E-state index contributed by atoms with van der Waals surface area (Å²) in [5, 5.41) is 5.86. The molecule has 1 rings (SSSR count). The predicted molar refractivity (Wildman–Crippen MR) is 101 cm³/mol. The normalized spacial score (nSPS) is 11.6. The Labute approximate surface area is 151 Å². The molecule has 0 aliphatic heterocycles. The molecule has 7 heteroatoms. The molecule has 0 saturated heterocycles. The van der Waals surface area contributed by atoms with Crippen LogP contribution in [0.1, 0.15) is 41.2 Å². The molecule has 0 aliphatic carbocycles. The van der Waals surface area contributed by atoms with Crippen LogP contribution >= 0.6 is 0 Å². The van der Waals surface area contributed by atoms with Gasteiger partial charge < -0.3 is 10.6 Å². The molecule has 142 valence electrons. The second-order valence-electron chi connectivity index (χ2n) is 6.31. The Bertz CT molecular complexity index is 699. The third-order valence-corrected chi connectivity index (χ3v) is 6.45. The maximum Gasteiger partial charge on any atom is 0.241 e. The van der Waals surface area contributed by atoms with E-state index in [2.05, 4.69) is 15.4 Å². The summed E-state index contributed by atoms with van der Waals surface area (Å²) in [5.41, 5.74) is 4.63. The minimum Gasteiger partial charge on any atom is -0.355 e. The Balaban J connectivity index is 2.76. The van der Waals surface area contributed by atoms with Gasteiger partial charge in [0.15, 0.2) is 0 Å². The second-order valence-corrected chi connectivity index (χ2v) is 8.01. The highest BCUT2D eigenvalue weighted by atomic mass is 32.2. The minimum atomic E-state index is -3.65. The van der Waals surface area contributed by atoms with Gasteiger partial charge in [-0.25, -0.2) is 13.1 Å². The number of carbonyl (C=O) groups is 1. The first-order valence-electron chi connectivity index (χ1n) is 8.67. The van der Waals surface area contributed by atoms with Crippen molar-refractivity contribution in [3.05, 3.63) is 27.8 Å². The lowest BCUT2D eigenvalue weighted by atomic mass is 9.95. The van der Waals surface area contributed by atoms with Crippen LogP contribution in [0.15, 0.2) is 4.90 Å². The van der Waals surface area contributed by atoms with E-state index in [9.17, 15) is 13.2 Å². The van der Waals surface area contributed by atoms with Crippen molar-refractivity contribution in [2.45, 2.75) is 52.9 Å². The summed E-state index contributed by atoms with van der Waals surface area (Å²) < 4.78 is 28.0. The van der Waals surface area contributed by atoms with Crippen LogP contribution < -0.4 is 15.4 Å². The SMILES string of the molecule is CCNCCNC(=O)CCNS(=O)(=O)c1c(C)c(C)c(C)c(C)c1C. The van der Waals surface area contributed by atoms with E-state index in [4.69, 9.17) is 0 Å². The van der Waals surface area contributed by atoms with Gasteiger partial charge >= 0.3 is 0 Å². The third-order valence-electron chi connectivity index (χ3n) is 4.72. The molecular weight excluding hydrogens is 338 g/mol. The van der Waals surface area contributed by atoms with Gasteiger partial charge in [-0.05, 0) is 69.0 Å². The quantitative estimate of drug-likeness (QED) is 0.577. The molecule has 1 aromatic carbocycles. The zero-order valence-corrected chi connectivity index (χ0v) is 17.0. The lowest BCUT2D eigenvalue weighted by Gasteiger charge is -2.19. The molecule has 0 radical (unpaired) electrons. The van der Waals surface area contributed by atoms with Crippen LogP contribution in [-0.4, -0.2) is 40.5 Å². The van der Waals surface area contributed by atoms with Crippen LogP contribution in [0, 0.1) is 34.6 Å². The van der Waals surface area contributed by atoms with E-state index >= 15 is 0 Å². The van der Waals surface area contributed by atoms with Gasteiger partial charge in [-0.15, -0.1) is 0 Å². The number of likely N-dealkylation sites (N-methyl/N-ethyl adjacent to an activating group) is 1. The zero-order chi connectivity index (χ0) is 19.2. The fourth-order valence-electron chi connectivity index (χ4n) is 2.80. The maximum atomic E-state index is 12.7. The lowest BCUT2D eigenvalue weighted by molar-refractivity contribution is -0.120. The van der Waals surface area contributed by atoms with Gasteiger partial charge in [0.25, 0.3) is 0 Å². The molecule has 0 saturated carbocycles. The van der Waals surface area contributed by atoms with Gasteiger partial charge in [-0.1, -0.05) is 6.92 Å². The summed E-state index contributed by atoms with van der Waals surface area (Å²) >= 11 is 0. The summed E-state index contributed by atoms with van der Waals surface area (Å²) in [6.07, 6.45) is 0.118. The maximum absolute atomic E-state index is 12.7. The number of benzene rings is 1. The van der Waals surface area contributed by atoms with Crippen molar-refractivity contribution in [1.29, 1.82) is 0 Å². The van der Waals surface area contributed by atoms with Crippen LogP contribution in [0.25, 0.3) is 0 Å². The molecule has 6 nitrogen and oxygen atoms in total. The second kappa shape index (κ2) is 9.31. The summed E-state index contributed by atoms with van der Waals surface area (Å²) in [4.78, 5) is 12.1. The van der Waals surface area contributed by atoms with Gasteiger partial charge in [-0.3, -0.25) is 4.79 Å². The van der Waals surface area contributed by atoms with E-state index in [0.29, 0.717) is 18.0 Å². The zero-order valence-electron chi connectivity index (χ0n) is 16.2. The standard InChI is InChI=1S/C18H31N3O3S/c1-7-19-10-11-20-17(22)8-9-21-25(23,24)18-15(5)13(3)12(2)14(4)16(18)6/h19,21H,7-11H2,1-6H3,(H,20,22). The molecule has 0 atom stereocenters. The predicted octanol–water partition coefficient (Wildman–Crippen LogP) is 1.62. The first-order valence-corrected chi connectivity index (χ1v) is 10.2. The monoisotopic (exact) mass is 369 g/mol. The highest BCUT2D eigenvalue weighted by Crippen LogP contribution is 2.29. The third kappa shape index (κ3) is 5.52. The fraction of sp³-hybridized carbons (Fsp3) is 0.611. The molecule has 1 amide bonds.